The summed E-state index contributed by atoms with van der Waals surface area (Å²) in [5, 5.41) is 9.26. The molecule has 4 heteroatoms. The van der Waals surface area contributed by atoms with Crippen molar-refractivity contribution in [2.45, 2.75) is 57.4 Å². The highest BCUT2D eigenvalue weighted by atomic mass is 16.4. The quantitative estimate of drug-likeness (QED) is 0.803. The minimum Gasteiger partial charge on any atom is -0.480 e. The predicted octanol–water partition coefficient (Wildman–Crippen LogP) is 1.83. The van der Waals surface area contributed by atoms with Crippen LogP contribution in [-0.4, -0.2) is 41.7 Å². The van der Waals surface area contributed by atoms with E-state index < -0.39 is 5.97 Å². The lowest BCUT2D eigenvalue weighted by Gasteiger charge is -2.45. The van der Waals surface area contributed by atoms with E-state index in [4.69, 9.17) is 5.73 Å². The summed E-state index contributed by atoms with van der Waals surface area (Å²) in [4.78, 5) is 13.4. The van der Waals surface area contributed by atoms with Crippen molar-refractivity contribution >= 4 is 5.97 Å². The number of aliphatic carboxylic acids is 1. The summed E-state index contributed by atoms with van der Waals surface area (Å²) in [5.41, 5.74) is 6.06. The lowest BCUT2D eigenvalue weighted by molar-refractivity contribution is -0.144. The Morgan fingerprint density at radius 1 is 1.17 bits per heavy atom. The van der Waals surface area contributed by atoms with Gasteiger partial charge in [-0.1, -0.05) is 19.3 Å². The summed E-state index contributed by atoms with van der Waals surface area (Å²) in [7, 11) is 0. The standard InChI is InChI=1S/C14H26N2O2/c15-9-4-12(13(17)18)16-10-7-14(8-11-16)5-2-1-3-6-14/h12H,1-11,15H2,(H,17,18). The molecule has 1 unspecified atom stereocenters. The van der Waals surface area contributed by atoms with Crippen LogP contribution in [0.3, 0.4) is 0 Å². The number of piperidine rings is 1. The summed E-state index contributed by atoms with van der Waals surface area (Å²) in [5.74, 6) is -0.708. The van der Waals surface area contributed by atoms with Gasteiger partial charge in [0, 0.05) is 0 Å². The fourth-order valence-electron chi connectivity index (χ4n) is 3.73. The molecule has 1 saturated heterocycles. The van der Waals surface area contributed by atoms with Gasteiger partial charge in [-0.3, -0.25) is 9.69 Å². The van der Waals surface area contributed by atoms with E-state index in [-0.39, 0.29) is 6.04 Å². The van der Waals surface area contributed by atoms with Gasteiger partial charge in [-0.15, -0.1) is 0 Å². The lowest BCUT2D eigenvalue weighted by atomic mass is 9.68. The Bertz CT molecular complexity index is 278. The van der Waals surface area contributed by atoms with Gasteiger partial charge in [0.1, 0.15) is 6.04 Å². The number of carbonyl (C=O) groups is 1. The number of rotatable bonds is 4. The molecule has 2 aliphatic rings. The van der Waals surface area contributed by atoms with Crippen LogP contribution in [0, 0.1) is 5.41 Å². The molecule has 0 bridgehead atoms. The molecule has 0 aromatic rings. The fourth-order valence-corrected chi connectivity index (χ4v) is 3.73. The van der Waals surface area contributed by atoms with Crippen molar-refractivity contribution < 1.29 is 9.90 Å². The van der Waals surface area contributed by atoms with Gasteiger partial charge in [0.05, 0.1) is 0 Å². The molecule has 1 aliphatic carbocycles. The number of nitrogens with zero attached hydrogens (tertiary/aromatic N) is 1. The van der Waals surface area contributed by atoms with Crippen LogP contribution >= 0.6 is 0 Å². The van der Waals surface area contributed by atoms with Gasteiger partial charge in [-0.25, -0.2) is 0 Å². The van der Waals surface area contributed by atoms with E-state index in [1.54, 1.807) is 0 Å². The molecule has 18 heavy (non-hydrogen) atoms. The molecule has 2 fully saturated rings. The van der Waals surface area contributed by atoms with Crippen LogP contribution in [0.1, 0.15) is 51.4 Å². The smallest absolute Gasteiger partial charge is 0.320 e. The second-order valence-electron chi connectivity index (χ2n) is 6.03. The maximum absolute atomic E-state index is 11.3. The summed E-state index contributed by atoms with van der Waals surface area (Å²) in [6.45, 7) is 2.34. The molecule has 0 aromatic heterocycles. The Hall–Kier alpha value is -0.610. The first-order valence-corrected chi connectivity index (χ1v) is 7.34. The van der Waals surface area contributed by atoms with Gasteiger partial charge in [-0.05, 0) is 57.2 Å². The second-order valence-corrected chi connectivity index (χ2v) is 6.03. The third-order valence-electron chi connectivity index (χ3n) is 4.94. The fraction of sp³-hybridized carbons (Fsp3) is 0.929. The van der Waals surface area contributed by atoms with E-state index in [1.807, 2.05) is 0 Å². The van der Waals surface area contributed by atoms with E-state index in [1.165, 1.54) is 44.9 Å². The van der Waals surface area contributed by atoms with Crippen molar-refractivity contribution in [1.82, 2.24) is 4.90 Å². The van der Waals surface area contributed by atoms with Crippen molar-refractivity contribution in [3.05, 3.63) is 0 Å². The lowest BCUT2D eigenvalue weighted by Crippen LogP contribution is -2.49. The minimum absolute atomic E-state index is 0.365. The molecule has 0 amide bonds. The molecule has 0 radical (unpaired) electrons. The first-order valence-electron chi connectivity index (χ1n) is 7.34. The molecule has 0 aromatic carbocycles. The molecule has 1 saturated carbocycles. The van der Waals surface area contributed by atoms with Crippen molar-refractivity contribution in [3.63, 3.8) is 0 Å². The van der Waals surface area contributed by atoms with E-state index in [2.05, 4.69) is 4.90 Å². The van der Waals surface area contributed by atoms with Gasteiger partial charge in [0.2, 0.25) is 0 Å². The third-order valence-corrected chi connectivity index (χ3v) is 4.94. The van der Waals surface area contributed by atoms with Crippen LogP contribution < -0.4 is 5.73 Å². The molecule has 2 rings (SSSR count). The number of carboxylic acid groups (broad SMARTS) is 1. The van der Waals surface area contributed by atoms with Crippen LogP contribution in [-0.2, 0) is 4.79 Å². The summed E-state index contributed by atoms with van der Waals surface area (Å²) in [6.07, 6.45) is 9.77. The van der Waals surface area contributed by atoms with Crippen LogP contribution in [0.15, 0.2) is 0 Å². The molecule has 1 atom stereocenters. The number of hydrogen-bond donors (Lipinski definition) is 2. The largest absolute Gasteiger partial charge is 0.480 e. The van der Waals surface area contributed by atoms with Crippen LogP contribution in [0.5, 0.6) is 0 Å². The van der Waals surface area contributed by atoms with E-state index in [9.17, 15) is 9.90 Å². The highest BCUT2D eigenvalue weighted by Gasteiger charge is 2.38. The summed E-state index contributed by atoms with van der Waals surface area (Å²) in [6, 6.07) is -0.365. The summed E-state index contributed by atoms with van der Waals surface area (Å²) >= 11 is 0. The van der Waals surface area contributed by atoms with E-state index in [0.717, 1.165) is 13.1 Å². The number of likely N-dealkylation sites (tertiary alicyclic amines) is 1. The molecule has 1 heterocycles. The molecule has 104 valence electrons. The Morgan fingerprint density at radius 3 is 2.28 bits per heavy atom. The molecule has 1 aliphatic heterocycles. The van der Waals surface area contributed by atoms with Crippen LogP contribution in [0.4, 0.5) is 0 Å². The Morgan fingerprint density at radius 2 is 1.78 bits per heavy atom. The normalized spacial score (nSPS) is 26.1. The molecule has 4 nitrogen and oxygen atoms in total. The Kier molecular flexibility index (Phi) is 4.62. The number of carboxylic acids is 1. The monoisotopic (exact) mass is 254 g/mol. The zero-order chi connectivity index (χ0) is 13.0. The topological polar surface area (TPSA) is 66.6 Å². The second kappa shape index (κ2) is 6.02. The SMILES string of the molecule is NCCC(C(=O)O)N1CCC2(CCCCC2)CC1. The van der Waals surface area contributed by atoms with Crippen molar-refractivity contribution in [2.75, 3.05) is 19.6 Å². The summed E-state index contributed by atoms with van der Waals surface area (Å²) < 4.78 is 0. The third kappa shape index (κ3) is 3.04. The highest BCUT2D eigenvalue weighted by molar-refractivity contribution is 5.73. The van der Waals surface area contributed by atoms with Gasteiger partial charge < -0.3 is 10.8 Å². The maximum Gasteiger partial charge on any atom is 0.320 e. The van der Waals surface area contributed by atoms with Crippen LogP contribution in [0.2, 0.25) is 0 Å². The average molecular weight is 254 g/mol. The maximum atomic E-state index is 11.3. The van der Waals surface area contributed by atoms with E-state index >= 15 is 0 Å². The number of hydrogen-bond acceptors (Lipinski definition) is 3. The number of nitrogens with two attached hydrogens (primary N) is 1. The average Bonchev–Trinajstić information content (AvgIpc) is 2.38. The molecular formula is C14H26N2O2. The van der Waals surface area contributed by atoms with Crippen molar-refractivity contribution in [1.29, 1.82) is 0 Å². The zero-order valence-corrected chi connectivity index (χ0v) is 11.2. The molecule has 1 spiro atoms. The first-order chi connectivity index (χ1) is 8.67. The van der Waals surface area contributed by atoms with Gasteiger partial charge in [0.15, 0.2) is 0 Å². The van der Waals surface area contributed by atoms with Gasteiger partial charge in [0.25, 0.3) is 0 Å². The molecular weight excluding hydrogens is 228 g/mol. The van der Waals surface area contributed by atoms with Crippen LogP contribution in [0.25, 0.3) is 0 Å². The van der Waals surface area contributed by atoms with Gasteiger partial charge >= 0.3 is 5.97 Å². The van der Waals surface area contributed by atoms with Crippen molar-refractivity contribution in [2.24, 2.45) is 11.1 Å². The van der Waals surface area contributed by atoms with Crippen molar-refractivity contribution in [3.8, 4) is 0 Å². The molecule has 3 N–H and O–H groups in total. The Labute approximate surface area is 110 Å². The highest BCUT2D eigenvalue weighted by Crippen LogP contribution is 2.44. The minimum atomic E-state index is -0.708. The predicted molar refractivity (Wildman–Crippen MR) is 71.4 cm³/mol. The Balaban J connectivity index is 1.90. The van der Waals surface area contributed by atoms with Gasteiger partial charge in [-0.2, -0.15) is 0 Å². The first kappa shape index (κ1) is 13.8. The zero-order valence-electron chi connectivity index (χ0n) is 11.2. The van der Waals surface area contributed by atoms with E-state index in [0.29, 0.717) is 18.4 Å².